The summed E-state index contributed by atoms with van der Waals surface area (Å²) in [5.74, 6) is 4.22. The first kappa shape index (κ1) is 6.68. The van der Waals surface area contributed by atoms with Gasteiger partial charge in [0, 0.05) is 5.92 Å². The molecule has 0 radical (unpaired) electrons. The fourth-order valence-corrected chi connectivity index (χ4v) is 1.56. The van der Waals surface area contributed by atoms with E-state index in [-0.39, 0.29) is 0 Å². The summed E-state index contributed by atoms with van der Waals surface area (Å²) >= 11 is 0. The molecule has 1 fully saturated rings. The number of rotatable bonds is 0. The summed E-state index contributed by atoms with van der Waals surface area (Å²) < 4.78 is 0. The molecule has 0 N–H and O–H groups in total. The number of hydrogen-bond acceptors (Lipinski definition) is 0. The Hall–Kier alpha value is -0.440. The van der Waals surface area contributed by atoms with E-state index < -0.39 is 0 Å². The van der Waals surface area contributed by atoms with Gasteiger partial charge in [-0.2, -0.15) is 0 Å². The summed E-state index contributed by atoms with van der Waals surface area (Å²) in [4.78, 5) is 0. The third-order valence-electron chi connectivity index (χ3n) is 2.33. The van der Waals surface area contributed by atoms with E-state index in [2.05, 4.69) is 12.8 Å². The van der Waals surface area contributed by atoms with Crippen molar-refractivity contribution in [3.8, 4) is 12.3 Å². The second-order valence-electron chi connectivity index (χ2n) is 3.03. The van der Waals surface area contributed by atoms with Gasteiger partial charge in [-0.15, -0.1) is 12.3 Å². The minimum absolute atomic E-state index is 0.582. The lowest BCUT2D eigenvalue weighted by atomic mass is 9.81. The Labute approximate surface area is 57.7 Å². The zero-order valence-electron chi connectivity index (χ0n) is 6.06. The molecule has 0 amide bonds. The summed E-state index contributed by atoms with van der Waals surface area (Å²) in [5, 5.41) is 0. The summed E-state index contributed by atoms with van der Waals surface area (Å²) in [7, 11) is 0. The van der Waals surface area contributed by atoms with Gasteiger partial charge in [-0.25, -0.2) is 0 Å². The standard InChI is InChI=1S/C9H14/c1-3-9-7-5-4-6-8(9)2/h1,8-9H,4-7H2,2H3/t8?,9-/m1/s1. The fraction of sp³-hybridized carbons (Fsp3) is 0.778. The van der Waals surface area contributed by atoms with Crippen LogP contribution in [0.4, 0.5) is 0 Å². The van der Waals surface area contributed by atoms with Crippen LogP contribution in [-0.4, -0.2) is 0 Å². The highest BCUT2D eigenvalue weighted by Crippen LogP contribution is 2.28. The van der Waals surface area contributed by atoms with Crippen molar-refractivity contribution in [3.05, 3.63) is 0 Å². The lowest BCUT2D eigenvalue weighted by Gasteiger charge is -2.23. The first-order valence-electron chi connectivity index (χ1n) is 3.80. The maximum atomic E-state index is 5.34. The molecular formula is C9H14. The molecule has 0 bridgehead atoms. The van der Waals surface area contributed by atoms with Crippen molar-refractivity contribution >= 4 is 0 Å². The molecule has 1 rings (SSSR count). The highest BCUT2D eigenvalue weighted by molar-refractivity contribution is 4.96. The third-order valence-corrected chi connectivity index (χ3v) is 2.33. The predicted molar refractivity (Wildman–Crippen MR) is 40.0 cm³/mol. The van der Waals surface area contributed by atoms with Gasteiger partial charge in [-0.3, -0.25) is 0 Å². The molecule has 0 saturated heterocycles. The van der Waals surface area contributed by atoms with Crippen LogP contribution >= 0.6 is 0 Å². The van der Waals surface area contributed by atoms with Crippen molar-refractivity contribution in [1.29, 1.82) is 0 Å². The second-order valence-corrected chi connectivity index (χ2v) is 3.03. The van der Waals surface area contributed by atoms with Crippen LogP contribution < -0.4 is 0 Å². The maximum absolute atomic E-state index is 5.34. The van der Waals surface area contributed by atoms with Crippen molar-refractivity contribution in [2.75, 3.05) is 0 Å². The van der Waals surface area contributed by atoms with E-state index in [9.17, 15) is 0 Å². The Kier molecular flexibility index (Phi) is 2.16. The molecule has 0 heteroatoms. The van der Waals surface area contributed by atoms with Crippen LogP contribution in [0, 0.1) is 24.2 Å². The molecule has 0 aromatic heterocycles. The Balaban J connectivity index is 2.41. The van der Waals surface area contributed by atoms with Gasteiger partial charge in [0.1, 0.15) is 0 Å². The highest BCUT2D eigenvalue weighted by Gasteiger charge is 2.18. The van der Waals surface area contributed by atoms with Crippen molar-refractivity contribution < 1.29 is 0 Å². The summed E-state index contributed by atoms with van der Waals surface area (Å²) in [6.45, 7) is 2.27. The molecule has 1 aliphatic rings. The van der Waals surface area contributed by atoms with Crippen LogP contribution in [-0.2, 0) is 0 Å². The van der Waals surface area contributed by atoms with Crippen LogP contribution in [0.1, 0.15) is 32.6 Å². The normalized spacial score (nSPS) is 35.6. The second kappa shape index (κ2) is 2.92. The third kappa shape index (κ3) is 1.48. The average molecular weight is 122 g/mol. The van der Waals surface area contributed by atoms with Crippen LogP contribution in [0.15, 0.2) is 0 Å². The lowest BCUT2D eigenvalue weighted by Crippen LogP contribution is -2.14. The highest BCUT2D eigenvalue weighted by atomic mass is 14.2. The Bertz CT molecular complexity index is 118. The van der Waals surface area contributed by atoms with E-state index >= 15 is 0 Å². The van der Waals surface area contributed by atoms with E-state index in [0.29, 0.717) is 5.92 Å². The maximum Gasteiger partial charge on any atom is 0.0225 e. The number of hydrogen-bond donors (Lipinski definition) is 0. The first-order valence-corrected chi connectivity index (χ1v) is 3.80. The Morgan fingerprint density at radius 3 is 2.44 bits per heavy atom. The monoisotopic (exact) mass is 122 g/mol. The van der Waals surface area contributed by atoms with Gasteiger partial charge in [0.05, 0.1) is 0 Å². The van der Waals surface area contributed by atoms with Gasteiger partial charge < -0.3 is 0 Å². The van der Waals surface area contributed by atoms with Crippen LogP contribution in [0.5, 0.6) is 0 Å². The Morgan fingerprint density at radius 2 is 2.00 bits per heavy atom. The first-order chi connectivity index (χ1) is 4.34. The summed E-state index contributed by atoms with van der Waals surface area (Å²) in [6.07, 6.45) is 10.7. The molecule has 0 spiro atoms. The van der Waals surface area contributed by atoms with Gasteiger partial charge in [-0.05, 0) is 18.8 Å². The molecule has 0 aliphatic heterocycles. The zero-order valence-corrected chi connectivity index (χ0v) is 6.06. The van der Waals surface area contributed by atoms with Crippen LogP contribution in [0.25, 0.3) is 0 Å². The van der Waals surface area contributed by atoms with Crippen LogP contribution in [0.3, 0.4) is 0 Å². The van der Waals surface area contributed by atoms with Gasteiger partial charge in [0.2, 0.25) is 0 Å². The molecule has 9 heavy (non-hydrogen) atoms. The number of terminal acetylenes is 1. The van der Waals surface area contributed by atoms with Crippen molar-refractivity contribution in [1.82, 2.24) is 0 Å². The molecule has 0 aromatic carbocycles. The molecule has 1 aliphatic carbocycles. The van der Waals surface area contributed by atoms with Crippen molar-refractivity contribution in [3.63, 3.8) is 0 Å². The molecule has 0 heterocycles. The Morgan fingerprint density at radius 1 is 1.33 bits per heavy atom. The molecule has 1 saturated carbocycles. The van der Waals surface area contributed by atoms with E-state index in [0.717, 1.165) is 5.92 Å². The summed E-state index contributed by atoms with van der Waals surface area (Å²) in [6, 6.07) is 0. The molecule has 2 atom stereocenters. The molecule has 50 valence electrons. The smallest absolute Gasteiger partial charge is 0.0225 e. The van der Waals surface area contributed by atoms with Gasteiger partial charge in [0.25, 0.3) is 0 Å². The molecule has 0 nitrogen and oxygen atoms in total. The largest absolute Gasteiger partial charge is 0.120 e. The van der Waals surface area contributed by atoms with Crippen LogP contribution in [0.2, 0.25) is 0 Å². The van der Waals surface area contributed by atoms with Crippen molar-refractivity contribution in [2.24, 2.45) is 11.8 Å². The SMILES string of the molecule is C#C[C@@H]1CCCCC1C. The van der Waals surface area contributed by atoms with Gasteiger partial charge >= 0.3 is 0 Å². The molecule has 0 aromatic rings. The fourth-order valence-electron chi connectivity index (χ4n) is 1.56. The van der Waals surface area contributed by atoms with E-state index in [1.165, 1.54) is 25.7 Å². The van der Waals surface area contributed by atoms with E-state index in [1.807, 2.05) is 0 Å². The molecule has 1 unspecified atom stereocenters. The lowest BCUT2D eigenvalue weighted by molar-refractivity contribution is 0.316. The summed E-state index contributed by atoms with van der Waals surface area (Å²) in [5.41, 5.74) is 0. The van der Waals surface area contributed by atoms with E-state index in [4.69, 9.17) is 6.42 Å². The van der Waals surface area contributed by atoms with E-state index in [1.54, 1.807) is 0 Å². The van der Waals surface area contributed by atoms with Gasteiger partial charge in [-0.1, -0.05) is 19.8 Å². The molecular weight excluding hydrogens is 108 g/mol. The van der Waals surface area contributed by atoms with Crippen molar-refractivity contribution in [2.45, 2.75) is 32.6 Å². The average Bonchev–Trinajstić information content (AvgIpc) is 1.89. The minimum Gasteiger partial charge on any atom is -0.120 e. The minimum atomic E-state index is 0.582. The van der Waals surface area contributed by atoms with Gasteiger partial charge in [0.15, 0.2) is 0 Å². The topological polar surface area (TPSA) is 0 Å². The zero-order chi connectivity index (χ0) is 6.69. The quantitative estimate of drug-likeness (QED) is 0.433. The predicted octanol–water partition coefficient (Wildman–Crippen LogP) is 2.45.